The zero-order chi connectivity index (χ0) is 11.7. The molecule has 90 valence electrons. The van der Waals surface area contributed by atoms with Crippen LogP contribution in [0.4, 0.5) is 0 Å². The fourth-order valence-electron chi connectivity index (χ4n) is 2.57. The monoisotopic (exact) mass is 225 g/mol. The molecule has 1 saturated heterocycles. The van der Waals surface area contributed by atoms with Crippen molar-refractivity contribution in [3.8, 4) is 0 Å². The number of carboxylic acids is 1. The molecule has 16 heavy (non-hydrogen) atoms. The summed E-state index contributed by atoms with van der Waals surface area (Å²) in [5.74, 6) is -0.768. The van der Waals surface area contributed by atoms with E-state index in [4.69, 9.17) is 5.11 Å². The average molecular weight is 225 g/mol. The van der Waals surface area contributed by atoms with Crippen LogP contribution in [0.1, 0.15) is 32.6 Å². The summed E-state index contributed by atoms with van der Waals surface area (Å²) in [5.41, 5.74) is 0. The van der Waals surface area contributed by atoms with Gasteiger partial charge in [-0.25, -0.2) is 0 Å². The van der Waals surface area contributed by atoms with Crippen LogP contribution >= 0.6 is 0 Å². The maximum absolute atomic E-state index is 12.0. The van der Waals surface area contributed by atoms with E-state index < -0.39 is 11.9 Å². The number of nitrogens with zero attached hydrogens (tertiary/aromatic N) is 1. The Kier molecular flexibility index (Phi) is 3.17. The number of piperidine rings is 1. The summed E-state index contributed by atoms with van der Waals surface area (Å²) in [4.78, 5) is 24.6. The van der Waals surface area contributed by atoms with Crippen LogP contribution in [0.25, 0.3) is 0 Å². The highest BCUT2D eigenvalue weighted by atomic mass is 16.4. The summed E-state index contributed by atoms with van der Waals surface area (Å²) >= 11 is 0. The molecule has 0 radical (unpaired) electrons. The Morgan fingerprint density at radius 3 is 2.69 bits per heavy atom. The number of carbonyl (C=O) groups excluding carboxylic acids is 1. The molecule has 4 heteroatoms. The Hall–Kier alpha value is -1.06. The lowest BCUT2D eigenvalue weighted by atomic mass is 9.95. The van der Waals surface area contributed by atoms with Gasteiger partial charge in [0.05, 0.1) is 11.8 Å². The number of likely N-dealkylation sites (tertiary alicyclic amines) is 1. The fraction of sp³-hybridized carbons (Fsp3) is 0.833. The number of aliphatic carboxylic acids is 1. The van der Waals surface area contributed by atoms with E-state index in [0.717, 1.165) is 25.9 Å². The van der Waals surface area contributed by atoms with Gasteiger partial charge in [0.25, 0.3) is 0 Å². The molecule has 1 aliphatic heterocycles. The summed E-state index contributed by atoms with van der Waals surface area (Å²) in [7, 11) is 0. The number of carboxylic acid groups (broad SMARTS) is 1. The molecule has 1 saturated carbocycles. The predicted molar refractivity (Wildman–Crippen MR) is 58.8 cm³/mol. The third-order valence-corrected chi connectivity index (χ3v) is 3.83. The molecule has 2 aliphatic rings. The molecular weight excluding hydrogens is 206 g/mol. The third-order valence-electron chi connectivity index (χ3n) is 3.83. The molecule has 0 bridgehead atoms. The zero-order valence-corrected chi connectivity index (χ0v) is 9.69. The van der Waals surface area contributed by atoms with Crippen LogP contribution < -0.4 is 0 Å². The molecule has 2 rings (SSSR count). The molecule has 0 aromatic heterocycles. The Labute approximate surface area is 95.6 Å². The van der Waals surface area contributed by atoms with E-state index in [1.165, 1.54) is 6.42 Å². The van der Waals surface area contributed by atoms with Crippen molar-refractivity contribution in [1.29, 1.82) is 0 Å². The van der Waals surface area contributed by atoms with Gasteiger partial charge in [-0.3, -0.25) is 9.59 Å². The van der Waals surface area contributed by atoms with E-state index in [1.807, 2.05) is 4.90 Å². The van der Waals surface area contributed by atoms with Gasteiger partial charge in [0.1, 0.15) is 0 Å². The van der Waals surface area contributed by atoms with Gasteiger partial charge in [-0.05, 0) is 25.2 Å². The van der Waals surface area contributed by atoms with Gasteiger partial charge < -0.3 is 10.0 Å². The Bertz CT molecular complexity index is 303. The Balaban J connectivity index is 1.88. The van der Waals surface area contributed by atoms with Crippen LogP contribution in [-0.2, 0) is 9.59 Å². The van der Waals surface area contributed by atoms with Crippen molar-refractivity contribution in [3.05, 3.63) is 0 Å². The largest absolute Gasteiger partial charge is 0.481 e. The van der Waals surface area contributed by atoms with Crippen LogP contribution in [0.15, 0.2) is 0 Å². The van der Waals surface area contributed by atoms with E-state index in [-0.39, 0.29) is 11.8 Å². The summed E-state index contributed by atoms with van der Waals surface area (Å²) in [6.07, 6.45) is 3.92. The van der Waals surface area contributed by atoms with E-state index in [9.17, 15) is 9.59 Å². The first-order chi connectivity index (χ1) is 7.63. The number of carbonyl (C=O) groups is 2. The van der Waals surface area contributed by atoms with Gasteiger partial charge >= 0.3 is 5.97 Å². The van der Waals surface area contributed by atoms with Crippen LogP contribution in [-0.4, -0.2) is 35.0 Å². The second-order valence-corrected chi connectivity index (χ2v) is 4.99. The lowest BCUT2D eigenvalue weighted by Gasteiger charge is -2.32. The first-order valence-electron chi connectivity index (χ1n) is 6.15. The molecule has 2 fully saturated rings. The fourth-order valence-corrected chi connectivity index (χ4v) is 2.57. The molecule has 0 aromatic carbocycles. The van der Waals surface area contributed by atoms with E-state index in [2.05, 4.69) is 6.92 Å². The van der Waals surface area contributed by atoms with Gasteiger partial charge in [0, 0.05) is 13.1 Å². The lowest BCUT2D eigenvalue weighted by Crippen LogP contribution is -2.41. The molecule has 1 aliphatic carbocycles. The molecule has 1 heterocycles. The molecule has 1 N–H and O–H groups in total. The van der Waals surface area contributed by atoms with Gasteiger partial charge in [0.2, 0.25) is 5.91 Å². The van der Waals surface area contributed by atoms with Crippen LogP contribution in [0.2, 0.25) is 0 Å². The summed E-state index contributed by atoms with van der Waals surface area (Å²) in [6.45, 7) is 3.80. The average Bonchev–Trinajstić information content (AvgIpc) is 3.08. The van der Waals surface area contributed by atoms with E-state index in [1.54, 1.807) is 0 Å². The highest BCUT2D eigenvalue weighted by Crippen LogP contribution is 2.40. The van der Waals surface area contributed by atoms with Crippen molar-refractivity contribution in [2.24, 2.45) is 17.8 Å². The van der Waals surface area contributed by atoms with Gasteiger partial charge in [-0.1, -0.05) is 13.3 Å². The van der Waals surface area contributed by atoms with Crippen molar-refractivity contribution in [2.75, 3.05) is 13.1 Å². The SMILES string of the molecule is CCC1CCCN(C(=O)C2CC2C(=O)O)C1. The minimum atomic E-state index is -0.817. The second-order valence-electron chi connectivity index (χ2n) is 4.99. The van der Waals surface area contributed by atoms with Crippen molar-refractivity contribution in [3.63, 3.8) is 0 Å². The third kappa shape index (κ3) is 2.20. The number of hydrogen-bond donors (Lipinski definition) is 1. The normalized spacial score (nSPS) is 33.6. The number of amides is 1. The summed E-state index contributed by atoms with van der Waals surface area (Å²) in [6, 6.07) is 0. The topological polar surface area (TPSA) is 57.6 Å². The smallest absolute Gasteiger partial charge is 0.307 e. The first-order valence-corrected chi connectivity index (χ1v) is 6.15. The van der Waals surface area contributed by atoms with E-state index in [0.29, 0.717) is 12.3 Å². The molecule has 3 atom stereocenters. The predicted octanol–water partition coefficient (Wildman–Crippen LogP) is 1.36. The van der Waals surface area contributed by atoms with Crippen molar-refractivity contribution in [2.45, 2.75) is 32.6 Å². The van der Waals surface area contributed by atoms with Gasteiger partial charge in [0.15, 0.2) is 0 Å². The first kappa shape index (κ1) is 11.4. The Morgan fingerprint density at radius 2 is 2.12 bits per heavy atom. The Morgan fingerprint density at radius 1 is 1.38 bits per heavy atom. The highest BCUT2D eigenvalue weighted by molar-refractivity contribution is 5.89. The van der Waals surface area contributed by atoms with Crippen LogP contribution in [0.3, 0.4) is 0 Å². The summed E-state index contributed by atoms with van der Waals surface area (Å²) < 4.78 is 0. The summed E-state index contributed by atoms with van der Waals surface area (Å²) in [5, 5.41) is 8.80. The van der Waals surface area contributed by atoms with Crippen molar-refractivity contribution in [1.82, 2.24) is 4.90 Å². The van der Waals surface area contributed by atoms with Gasteiger partial charge in [-0.2, -0.15) is 0 Å². The molecular formula is C12H19NO3. The van der Waals surface area contributed by atoms with Gasteiger partial charge in [-0.15, -0.1) is 0 Å². The highest BCUT2D eigenvalue weighted by Gasteiger charge is 2.50. The lowest BCUT2D eigenvalue weighted by molar-refractivity contribution is -0.142. The standard InChI is InChI=1S/C12H19NO3/c1-2-8-4-3-5-13(7-8)11(14)9-6-10(9)12(15)16/h8-10H,2-7H2,1H3,(H,15,16). The second kappa shape index (κ2) is 4.44. The van der Waals surface area contributed by atoms with Crippen LogP contribution in [0.5, 0.6) is 0 Å². The molecule has 0 spiro atoms. The minimum Gasteiger partial charge on any atom is -0.481 e. The number of hydrogen-bond acceptors (Lipinski definition) is 2. The van der Waals surface area contributed by atoms with Crippen molar-refractivity contribution < 1.29 is 14.7 Å². The van der Waals surface area contributed by atoms with E-state index >= 15 is 0 Å². The quantitative estimate of drug-likeness (QED) is 0.789. The maximum atomic E-state index is 12.0. The molecule has 4 nitrogen and oxygen atoms in total. The zero-order valence-electron chi connectivity index (χ0n) is 9.69. The van der Waals surface area contributed by atoms with Crippen LogP contribution in [0, 0.1) is 17.8 Å². The molecule has 1 amide bonds. The minimum absolute atomic E-state index is 0.0746. The number of rotatable bonds is 3. The maximum Gasteiger partial charge on any atom is 0.307 e. The molecule has 3 unspecified atom stereocenters. The van der Waals surface area contributed by atoms with Crippen molar-refractivity contribution >= 4 is 11.9 Å². The molecule has 0 aromatic rings.